The lowest BCUT2D eigenvalue weighted by Gasteiger charge is -2.17. The number of anilines is 1. The van der Waals surface area contributed by atoms with Crippen molar-refractivity contribution in [3.05, 3.63) is 40.3 Å². The SMILES string of the molecule is CC(C)NC(=O)c1ccc(N2CC(CN=[N+]=[N-])CC2=O)cc1. The van der Waals surface area contributed by atoms with Gasteiger partial charge in [0.1, 0.15) is 0 Å². The van der Waals surface area contributed by atoms with Gasteiger partial charge in [0.15, 0.2) is 0 Å². The molecule has 0 saturated carbocycles. The molecule has 1 fully saturated rings. The Bertz CT molecular complexity index is 605. The maximum atomic E-state index is 12.0. The van der Waals surface area contributed by atoms with Crippen molar-refractivity contribution < 1.29 is 9.59 Å². The zero-order valence-electron chi connectivity index (χ0n) is 12.7. The highest BCUT2D eigenvalue weighted by molar-refractivity contribution is 5.97. The minimum Gasteiger partial charge on any atom is -0.350 e. The van der Waals surface area contributed by atoms with E-state index in [1.54, 1.807) is 29.2 Å². The summed E-state index contributed by atoms with van der Waals surface area (Å²) >= 11 is 0. The summed E-state index contributed by atoms with van der Waals surface area (Å²) in [4.78, 5) is 28.3. The van der Waals surface area contributed by atoms with Gasteiger partial charge in [-0.05, 0) is 49.6 Å². The molecule has 0 bridgehead atoms. The molecule has 1 unspecified atom stereocenters. The standard InChI is InChI=1S/C15H19N5O2/c1-10(2)18-15(22)12-3-5-13(6-4-12)20-9-11(7-14(20)21)8-17-19-16/h3-6,10-11H,7-9H2,1-2H3,(H,18,22). The van der Waals surface area contributed by atoms with Gasteiger partial charge in [-0.1, -0.05) is 5.11 Å². The van der Waals surface area contributed by atoms with Crippen LogP contribution in [0, 0.1) is 5.92 Å². The zero-order valence-corrected chi connectivity index (χ0v) is 12.7. The van der Waals surface area contributed by atoms with Gasteiger partial charge in [0.25, 0.3) is 5.91 Å². The highest BCUT2D eigenvalue weighted by Gasteiger charge is 2.30. The van der Waals surface area contributed by atoms with E-state index in [0.29, 0.717) is 25.1 Å². The first kappa shape index (κ1) is 15.9. The van der Waals surface area contributed by atoms with Gasteiger partial charge < -0.3 is 10.2 Å². The van der Waals surface area contributed by atoms with Crippen LogP contribution in [-0.2, 0) is 4.79 Å². The van der Waals surface area contributed by atoms with Crippen LogP contribution in [0.2, 0.25) is 0 Å². The molecule has 0 aliphatic carbocycles. The predicted octanol–water partition coefficient (Wildman–Crippen LogP) is 2.49. The summed E-state index contributed by atoms with van der Waals surface area (Å²) in [5.74, 6) is -0.0691. The number of hydrogen-bond acceptors (Lipinski definition) is 3. The Hall–Kier alpha value is -2.53. The number of rotatable bonds is 5. The number of hydrogen-bond donors (Lipinski definition) is 1. The zero-order chi connectivity index (χ0) is 16.1. The van der Waals surface area contributed by atoms with Crippen LogP contribution < -0.4 is 10.2 Å². The van der Waals surface area contributed by atoms with Crippen molar-refractivity contribution >= 4 is 17.5 Å². The topological polar surface area (TPSA) is 98.2 Å². The Kier molecular flexibility index (Phi) is 5.01. The lowest BCUT2D eigenvalue weighted by atomic mass is 10.1. The second kappa shape index (κ2) is 6.95. The number of nitrogens with one attached hydrogen (secondary N) is 1. The third-order valence-electron chi connectivity index (χ3n) is 3.47. The fourth-order valence-electron chi connectivity index (χ4n) is 2.44. The Morgan fingerprint density at radius 2 is 2.14 bits per heavy atom. The molecule has 22 heavy (non-hydrogen) atoms. The molecule has 0 aromatic heterocycles. The molecule has 2 amide bonds. The fourth-order valence-corrected chi connectivity index (χ4v) is 2.44. The molecular weight excluding hydrogens is 282 g/mol. The molecule has 0 spiro atoms. The first-order valence-electron chi connectivity index (χ1n) is 7.23. The second-order valence-corrected chi connectivity index (χ2v) is 5.66. The Morgan fingerprint density at radius 3 is 2.73 bits per heavy atom. The summed E-state index contributed by atoms with van der Waals surface area (Å²) in [6.45, 7) is 4.67. The van der Waals surface area contributed by atoms with Crippen LogP contribution in [-0.4, -0.2) is 30.9 Å². The van der Waals surface area contributed by atoms with E-state index < -0.39 is 0 Å². The van der Waals surface area contributed by atoms with Crippen LogP contribution in [0.5, 0.6) is 0 Å². The van der Waals surface area contributed by atoms with Crippen LogP contribution in [0.4, 0.5) is 5.69 Å². The maximum absolute atomic E-state index is 12.0. The number of azide groups is 1. The van der Waals surface area contributed by atoms with Crippen LogP contribution in [0.1, 0.15) is 30.6 Å². The van der Waals surface area contributed by atoms with Crippen LogP contribution in [0.15, 0.2) is 29.4 Å². The summed E-state index contributed by atoms with van der Waals surface area (Å²) in [6.07, 6.45) is 0.384. The van der Waals surface area contributed by atoms with Gasteiger partial charge in [-0.3, -0.25) is 9.59 Å². The molecular formula is C15H19N5O2. The number of amides is 2. The van der Waals surface area contributed by atoms with Gasteiger partial charge >= 0.3 is 0 Å². The largest absolute Gasteiger partial charge is 0.350 e. The van der Waals surface area contributed by atoms with Crippen molar-refractivity contribution in [3.63, 3.8) is 0 Å². The lowest BCUT2D eigenvalue weighted by Crippen LogP contribution is -2.30. The Morgan fingerprint density at radius 1 is 1.45 bits per heavy atom. The normalized spacial score (nSPS) is 17.5. The molecule has 1 heterocycles. The maximum Gasteiger partial charge on any atom is 0.251 e. The molecule has 1 aliphatic heterocycles. The summed E-state index contributed by atoms with van der Waals surface area (Å²) in [5, 5.41) is 6.35. The van der Waals surface area contributed by atoms with Gasteiger partial charge in [0.05, 0.1) is 0 Å². The van der Waals surface area contributed by atoms with Crippen molar-refractivity contribution in [2.75, 3.05) is 18.0 Å². The van der Waals surface area contributed by atoms with Crippen molar-refractivity contribution in [2.24, 2.45) is 11.0 Å². The van der Waals surface area contributed by atoms with Crippen molar-refractivity contribution in [1.29, 1.82) is 0 Å². The van der Waals surface area contributed by atoms with E-state index in [2.05, 4.69) is 15.3 Å². The predicted molar refractivity (Wildman–Crippen MR) is 83.5 cm³/mol. The minimum atomic E-state index is -0.129. The van der Waals surface area contributed by atoms with Crippen molar-refractivity contribution in [2.45, 2.75) is 26.3 Å². The van der Waals surface area contributed by atoms with E-state index in [-0.39, 0.29) is 23.8 Å². The van der Waals surface area contributed by atoms with Gasteiger partial charge in [-0.2, -0.15) is 0 Å². The molecule has 116 valence electrons. The average Bonchev–Trinajstić information content (AvgIpc) is 2.85. The number of carbonyl (C=O) groups excluding carboxylic acids is 2. The van der Waals surface area contributed by atoms with E-state index in [4.69, 9.17) is 5.53 Å². The summed E-state index contributed by atoms with van der Waals surface area (Å²) in [5.41, 5.74) is 9.67. The van der Waals surface area contributed by atoms with Gasteiger partial charge in [-0.15, -0.1) is 0 Å². The molecule has 1 aliphatic rings. The first-order valence-corrected chi connectivity index (χ1v) is 7.23. The summed E-state index contributed by atoms with van der Waals surface area (Å²) in [6, 6.07) is 7.03. The van der Waals surface area contributed by atoms with Gasteiger partial charge in [0, 0.05) is 41.7 Å². The molecule has 7 heteroatoms. The smallest absolute Gasteiger partial charge is 0.251 e. The molecule has 0 radical (unpaired) electrons. The molecule has 1 aromatic rings. The van der Waals surface area contributed by atoms with E-state index in [0.717, 1.165) is 5.69 Å². The number of benzene rings is 1. The third-order valence-corrected chi connectivity index (χ3v) is 3.47. The quantitative estimate of drug-likeness (QED) is 0.513. The fraction of sp³-hybridized carbons (Fsp3) is 0.467. The Labute approximate surface area is 128 Å². The molecule has 1 N–H and O–H groups in total. The molecule has 1 saturated heterocycles. The van der Waals surface area contributed by atoms with Gasteiger partial charge in [0.2, 0.25) is 5.91 Å². The third kappa shape index (κ3) is 3.77. The first-order chi connectivity index (χ1) is 10.5. The summed E-state index contributed by atoms with van der Waals surface area (Å²) in [7, 11) is 0. The number of carbonyl (C=O) groups is 2. The molecule has 1 aromatic carbocycles. The van der Waals surface area contributed by atoms with E-state index in [1.807, 2.05) is 13.8 Å². The van der Waals surface area contributed by atoms with E-state index >= 15 is 0 Å². The number of nitrogens with zero attached hydrogens (tertiary/aromatic N) is 4. The second-order valence-electron chi connectivity index (χ2n) is 5.66. The van der Waals surface area contributed by atoms with Crippen molar-refractivity contribution in [3.8, 4) is 0 Å². The highest BCUT2D eigenvalue weighted by Crippen LogP contribution is 2.25. The lowest BCUT2D eigenvalue weighted by molar-refractivity contribution is -0.117. The van der Waals surface area contributed by atoms with E-state index in [1.165, 1.54) is 0 Å². The highest BCUT2D eigenvalue weighted by atomic mass is 16.2. The monoisotopic (exact) mass is 301 g/mol. The van der Waals surface area contributed by atoms with Crippen LogP contribution in [0.25, 0.3) is 10.4 Å². The van der Waals surface area contributed by atoms with Crippen molar-refractivity contribution in [1.82, 2.24) is 5.32 Å². The minimum absolute atomic E-state index is 0.0116. The van der Waals surface area contributed by atoms with Gasteiger partial charge in [-0.25, -0.2) is 0 Å². The average molecular weight is 301 g/mol. The van der Waals surface area contributed by atoms with E-state index in [9.17, 15) is 9.59 Å². The Balaban J connectivity index is 2.06. The van der Waals surface area contributed by atoms with Crippen LogP contribution >= 0.6 is 0 Å². The summed E-state index contributed by atoms with van der Waals surface area (Å²) < 4.78 is 0. The molecule has 2 rings (SSSR count). The van der Waals surface area contributed by atoms with Crippen LogP contribution in [0.3, 0.4) is 0 Å². The molecule has 1 atom stereocenters. The molecule has 7 nitrogen and oxygen atoms in total.